The lowest BCUT2D eigenvalue weighted by Crippen LogP contribution is -2.58. The maximum absolute atomic E-state index is 15.3. The van der Waals surface area contributed by atoms with E-state index in [1.165, 1.54) is 18.1 Å². The molecule has 0 bridgehead atoms. The Morgan fingerprint density at radius 2 is 0.915 bits per heavy atom. The second-order valence-corrected chi connectivity index (χ2v) is 27.2. The van der Waals surface area contributed by atoms with Gasteiger partial charge in [0.1, 0.15) is 24.0 Å². The number of hydrogen-bond acceptors (Lipinski definition) is 13. The van der Waals surface area contributed by atoms with E-state index in [-0.39, 0.29) is 31.3 Å². The largest absolute Gasteiger partial charge is 0.462 e. The van der Waals surface area contributed by atoms with E-state index < -0.39 is 124 Å². The molecule has 3 saturated carbocycles. The van der Waals surface area contributed by atoms with Crippen LogP contribution in [0.4, 0.5) is 22.0 Å². The van der Waals surface area contributed by atoms with Crippen molar-refractivity contribution in [3.05, 3.63) is 179 Å². The standard InChI is InChI=1S/C26H30F2N2O2.C25H28F2N2O2.C25H25FN2O3/c1-15-6-5-7-21(16(15)2)19-8-9-20(30-12-19)10-11-22-17(3)26(27,28)13-25(14-29)23(22)18(4)32-24(25)31;1-15-6-4-5-7-20(15)18-8-9-19(29-12-18)10-11-21-16(2)25(26,27)13-24(14-28)22(21)17(3)31-23(24)30;1-15-20(22-16(2)31-23(29)25(22,30)14-24(15,3)26)11-10-19-9-8-18(13-28-19)21-7-5-4-6-17(21)12-27/h5-12,17-18,22-23H,13-14,29H2,1-4H3;4-12,16-17,21-22H,13-14,28H2,1-3H3;4-11,13,15-16,20,22,30H,14H2,1-3H3/b3*11-10+/t17-,18+,22-,23-,25-;16-,17+,21-,22-,24-;15-,16+,20-,22-,24?,25-/m000/s1. The Hall–Kier alpha value is -8.24. The van der Waals surface area contributed by atoms with Crippen molar-refractivity contribution in [1.82, 2.24) is 15.0 Å². The molecule has 3 aromatic heterocycles. The van der Waals surface area contributed by atoms with Crippen LogP contribution in [0.25, 0.3) is 51.6 Å². The molecule has 0 amide bonds. The van der Waals surface area contributed by atoms with Crippen LogP contribution < -0.4 is 11.5 Å². The Morgan fingerprint density at radius 1 is 0.521 bits per heavy atom. The minimum Gasteiger partial charge on any atom is -0.462 e. The number of carbonyl (C=O) groups excluding carboxylic acids is 3. The third kappa shape index (κ3) is 12.7. The van der Waals surface area contributed by atoms with E-state index in [1.807, 2.05) is 97.9 Å². The first-order chi connectivity index (χ1) is 44.5. The Labute approximate surface area is 546 Å². The molecule has 6 heterocycles. The lowest BCUT2D eigenvalue weighted by Gasteiger charge is -2.47. The number of nitrogens with zero attached hydrogens (tertiary/aromatic N) is 4. The number of nitriles is 1. The van der Waals surface area contributed by atoms with Crippen LogP contribution in [-0.2, 0) is 28.6 Å². The number of pyridine rings is 3. The van der Waals surface area contributed by atoms with Crippen LogP contribution in [-0.4, -0.2) is 92.5 Å². The Bertz CT molecular complexity index is 3930. The number of cyclic esters (lactones) is 3. The first-order valence-corrected chi connectivity index (χ1v) is 32.2. The SMILES string of the molecule is C[C@H]1OC(=O)[C@]2(O)CC(C)(F)[C@@H](C)[C@H](/C=C/c3ccc(-c4ccccc4C#N)cn3)[C@H]12.Cc1cccc(-c2ccc(/C=C/[C@@H]3[C@@H]4[C@@H](C)OC(=O)[C@]4(CN)CC(F)(F)[C@H]3C)nc2)c1C.Cc1ccccc1-c1ccc(/C=C/[C@@H]2[C@@H]3[C@@H](C)OC(=O)[C@]3(CN)CC(F)(F)[C@H]2C)nc1. The van der Waals surface area contributed by atoms with Gasteiger partial charge in [-0.1, -0.05) is 118 Å². The van der Waals surface area contributed by atoms with Gasteiger partial charge in [0.2, 0.25) is 0 Å². The number of ether oxygens (including phenoxy) is 3. The summed E-state index contributed by atoms with van der Waals surface area (Å²) in [6.07, 6.45) is 13.2. The number of carbonyl (C=O) groups is 3. The molecule has 13 nitrogen and oxygen atoms in total. The van der Waals surface area contributed by atoms with Crippen molar-refractivity contribution in [2.24, 2.45) is 75.6 Å². The number of aromatic nitrogens is 3. The lowest BCUT2D eigenvalue weighted by atomic mass is 9.56. The van der Waals surface area contributed by atoms with Crippen LogP contribution in [0.3, 0.4) is 0 Å². The second-order valence-electron chi connectivity index (χ2n) is 27.2. The summed E-state index contributed by atoms with van der Waals surface area (Å²) < 4.78 is 91.1. The highest BCUT2D eigenvalue weighted by molar-refractivity contribution is 5.83. The van der Waals surface area contributed by atoms with E-state index in [2.05, 4.69) is 47.0 Å². The van der Waals surface area contributed by atoms with Gasteiger partial charge >= 0.3 is 17.9 Å². The summed E-state index contributed by atoms with van der Waals surface area (Å²) >= 11 is 0. The molecule has 16 atom stereocenters. The van der Waals surface area contributed by atoms with Gasteiger partial charge < -0.3 is 30.8 Å². The fourth-order valence-electron chi connectivity index (χ4n) is 15.9. The number of rotatable bonds is 11. The van der Waals surface area contributed by atoms with Crippen molar-refractivity contribution >= 4 is 36.1 Å². The van der Waals surface area contributed by atoms with Crippen molar-refractivity contribution in [2.45, 2.75) is 130 Å². The molecule has 5 N–H and O–H groups in total. The van der Waals surface area contributed by atoms with Gasteiger partial charge in [-0.3, -0.25) is 24.5 Å². The smallest absolute Gasteiger partial charge is 0.338 e. The number of esters is 3. The van der Waals surface area contributed by atoms with Crippen molar-refractivity contribution in [1.29, 1.82) is 5.26 Å². The zero-order valence-electron chi connectivity index (χ0n) is 54.7. The van der Waals surface area contributed by atoms with Crippen LogP contribution in [0.2, 0.25) is 0 Å². The first-order valence-electron chi connectivity index (χ1n) is 32.2. The van der Waals surface area contributed by atoms with Crippen LogP contribution in [0, 0.1) is 96.2 Å². The average Bonchev–Trinajstić information content (AvgIpc) is 1.53. The zero-order chi connectivity index (χ0) is 68.0. The molecular formula is C76H83F5N6O7. The molecule has 18 heteroatoms. The number of aryl methyl sites for hydroxylation is 2. The van der Waals surface area contributed by atoms with E-state index in [9.17, 15) is 42.3 Å². The van der Waals surface area contributed by atoms with Crippen molar-refractivity contribution in [2.75, 3.05) is 13.1 Å². The molecule has 494 valence electrons. The molecular weight excluding hydrogens is 1200 g/mol. The normalized spacial score (nSPS) is 32.8. The molecule has 3 aliphatic carbocycles. The highest BCUT2D eigenvalue weighted by Crippen LogP contribution is 2.61. The molecule has 0 radical (unpaired) electrons. The lowest BCUT2D eigenvalue weighted by molar-refractivity contribution is -0.169. The molecule has 94 heavy (non-hydrogen) atoms. The number of hydrogen-bond donors (Lipinski definition) is 3. The van der Waals surface area contributed by atoms with Crippen molar-refractivity contribution < 1.29 is 55.7 Å². The first kappa shape index (κ1) is 68.6. The number of allylic oxidation sites excluding steroid dienone is 3. The Morgan fingerprint density at radius 3 is 1.36 bits per heavy atom. The number of fused-ring (bicyclic) bond motifs is 3. The topological polar surface area (TPSA) is 214 Å². The minimum absolute atomic E-state index is 0.142. The van der Waals surface area contributed by atoms with Crippen LogP contribution in [0.15, 0.2) is 140 Å². The predicted octanol–water partition coefficient (Wildman–Crippen LogP) is 14.4. The third-order valence-electron chi connectivity index (χ3n) is 21.7. The number of halogens is 5. The maximum Gasteiger partial charge on any atom is 0.338 e. The van der Waals surface area contributed by atoms with Gasteiger partial charge in [0.05, 0.1) is 39.5 Å². The van der Waals surface area contributed by atoms with Gasteiger partial charge in [-0.15, -0.1) is 0 Å². The summed E-state index contributed by atoms with van der Waals surface area (Å²) in [6, 6.07) is 35.1. The quantitative estimate of drug-likeness (QED) is 0.0626. The van der Waals surface area contributed by atoms with Crippen molar-refractivity contribution in [3.63, 3.8) is 0 Å². The van der Waals surface area contributed by atoms with Gasteiger partial charge in [0.15, 0.2) is 5.60 Å². The molecule has 3 aromatic carbocycles. The van der Waals surface area contributed by atoms with Gasteiger partial charge in [0.25, 0.3) is 11.8 Å². The highest BCUT2D eigenvalue weighted by atomic mass is 19.3. The van der Waals surface area contributed by atoms with E-state index in [4.69, 9.17) is 25.7 Å². The fourth-order valence-corrected chi connectivity index (χ4v) is 15.9. The zero-order valence-corrected chi connectivity index (χ0v) is 54.7. The molecule has 6 fully saturated rings. The molecule has 1 unspecified atom stereocenters. The molecule has 0 spiro atoms. The van der Waals surface area contributed by atoms with Gasteiger partial charge in [-0.25, -0.2) is 26.7 Å². The summed E-state index contributed by atoms with van der Waals surface area (Å²) in [5, 5.41) is 20.3. The Balaban J connectivity index is 0.000000154. The Kier molecular flexibility index (Phi) is 19.4. The second kappa shape index (κ2) is 26.5. The summed E-state index contributed by atoms with van der Waals surface area (Å²) in [5.74, 6) is -13.0. The number of alkyl halides is 5. The van der Waals surface area contributed by atoms with Gasteiger partial charge in [0, 0.05) is 103 Å². The van der Waals surface area contributed by atoms with Crippen molar-refractivity contribution in [3.8, 4) is 39.4 Å². The monoisotopic (exact) mass is 1290 g/mol. The van der Waals surface area contributed by atoms with E-state index in [1.54, 1.807) is 96.6 Å². The molecule has 3 saturated heterocycles. The number of aliphatic hydroxyl groups is 1. The molecule has 3 aliphatic heterocycles. The van der Waals surface area contributed by atoms with E-state index >= 15 is 4.39 Å². The van der Waals surface area contributed by atoms with E-state index in [0.29, 0.717) is 22.6 Å². The van der Waals surface area contributed by atoms with Crippen LogP contribution in [0.1, 0.15) is 107 Å². The van der Waals surface area contributed by atoms with Crippen LogP contribution >= 0.6 is 0 Å². The summed E-state index contributed by atoms with van der Waals surface area (Å²) in [5.41, 5.74) is 17.6. The number of benzene rings is 3. The van der Waals surface area contributed by atoms with E-state index in [0.717, 1.165) is 38.9 Å². The van der Waals surface area contributed by atoms with Crippen LogP contribution in [0.5, 0.6) is 0 Å². The minimum atomic E-state index is -3.01. The molecule has 12 rings (SSSR count). The molecule has 6 aromatic rings. The number of nitrogens with two attached hydrogens (primary N) is 2. The highest BCUT2D eigenvalue weighted by Gasteiger charge is 2.69. The fraction of sp³-hybridized carbons (Fsp3) is 0.434. The maximum atomic E-state index is 15.3. The third-order valence-corrected chi connectivity index (χ3v) is 21.7. The van der Waals surface area contributed by atoms with Gasteiger partial charge in [-0.05, 0) is 142 Å². The summed E-state index contributed by atoms with van der Waals surface area (Å²) in [7, 11) is 0. The summed E-state index contributed by atoms with van der Waals surface area (Å²) in [6.45, 7) is 17.5. The molecule has 6 aliphatic rings. The average molecular weight is 1290 g/mol. The summed E-state index contributed by atoms with van der Waals surface area (Å²) in [4.78, 5) is 50.8. The van der Waals surface area contributed by atoms with Gasteiger partial charge in [-0.2, -0.15) is 5.26 Å². The predicted molar refractivity (Wildman–Crippen MR) is 351 cm³/mol.